The molecule has 2 heterocycles. The molecule has 0 saturated carbocycles. The van der Waals surface area contributed by atoms with Crippen LogP contribution in [0.4, 0.5) is 18.0 Å². The molecule has 0 aliphatic carbocycles. The van der Waals surface area contributed by atoms with Gasteiger partial charge in [0.2, 0.25) is 5.88 Å². The predicted molar refractivity (Wildman–Crippen MR) is 59.4 cm³/mol. The Kier molecular flexibility index (Phi) is 2.88. The van der Waals surface area contributed by atoms with E-state index in [0.717, 1.165) is 10.6 Å². The van der Waals surface area contributed by atoms with E-state index in [2.05, 4.69) is 4.98 Å². The third-order valence-corrected chi connectivity index (χ3v) is 2.68. The zero-order valence-corrected chi connectivity index (χ0v) is 9.95. The Morgan fingerprint density at radius 1 is 1.47 bits per heavy atom. The fourth-order valence-corrected chi connectivity index (χ4v) is 1.93. The molecule has 19 heavy (non-hydrogen) atoms. The first-order valence-corrected chi connectivity index (χ1v) is 5.13. The topological polar surface area (TPSA) is 64.4 Å². The molecule has 0 unspecified atom stereocenters. The minimum Gasteiger partial charge on any atom is -0.479 e. The number of nitrogens with zero attached hydrogens (tertiary/aromatic N) is 2. The second-order valence-corrected chi connectivity index (χ2v) is 3.84. The van der Waals surface area contributed by atoms with Gasteiger partial charge >= 0.3 is 12.3 Å². The van der Waals surface area contributed by atoms with Gasteiger partial charge in [-0.25, -0.2) is 14.3 Å². The van der Waals surface area contributed by atoms with Crippen molar-refractivity contribution in [2.45, 2.75) is 13.1 Å². The fraction of sp³-hybridized carbons (Fsp3) is 0.273. The number of halogens is 3. The average molecular weight is 274 g/mol. The second-order valence-electron chi connectivity index (χ2n) is 3.84. The highest BCUT2D eigenvalue weighted by atomic mass is 19.4. The van der Waals surface area contributed by atoms with Crippen LogP contribution in [0, 0.1) is 6.92 Å². The lowest BCUT2D eigenvalue weighted by Crippen LogP contribution is -2.11. The molecule has 0 radical (unpaired) electrons. The highest BCUT2D eigenvalue weighted by Gasteiger charge is 2.35. The number of hydrogen-bond acceptors (Lipinski definition) is 3. The largest absolute Gasteiger partial charge is 0.479 e. The van der Waals surface area contributed by atoms with Gasteiger partial charge in [0.05, 0.1) is 12.7 Å². The first-order chi connectivity index (χ1) is 8.77. The van der Waals surface area contributed by atoms with Gasteiger partial charge in [0.25, 0.3) is 0 Å². The Balaban J connectivity index is 2.94. The van der Waals surface area contributed by atoms with Gasteiger partial charge in [-0.05, 0) is 13.0 Å². The van der Waals surface area contributed by atoms with Crippen LogP contribution in [0.3, 0.4) is 0 Å². The number of pyridine rings is 1. The summed E-state index contributed by atoms with van der Waals surface area (Å²) in [6.45, 7) is 1.40. The van der Waals surface area contributed by atoms with Crippen molar-refractivity contribution < 1.29 is 27.8 Å². The van der Waals surface area contributed by atoms with E-state index < -0.39 is 17.8 Å². The van der Waals surface area contributed by atoms with E-state index in [9.17, 15) is 18.0 Å². The Labute approximate surface area is 105 Å². The molecule has 0 aliphatic rings. The highest BCUT2D eigenvalue weighted by molar-refractivity contribution is 5.95. The first-order valence-electron chi connectivity index (χ1n) is 5.13. The minimum absolute atomic E-state index is 0.152. The van der Waals surface area contributed by atoms with E-state index in [-0.39, 0.29) is 22.5 Å². The normalized spacial score (nSPS) is 11.8. The number of aryl methyl sites for hydroxylation is 1. The van der Waals surface area contributed by atoms with Gasteiger partial charge in [0.15, 0.2) is 0 Å². The van der Waals surface area contributed by atoms with Crippen molar-refractivity contribution in [2.24, 2.45) is 0 Å². The van der Waals surface area contributed by atoms with Crippen LogP contribution in [0.15, 0.2) is 12.3 Å². The van der Waals surface area contributed by atoms with Crippen LogP contribution in [-0.2, 0) is 6.18 Å². The maximum atomic E-state index is 12.9. The molecule has 0 spiro atoms. The molecule has 1 N–H and O–H groups in total. The highest BCUT2D eigenvalue weighted by Crippen LogP contribution is 2.38. The Bertz CT molecular complexity index is 661. The zero-order valence-electron chi connectivity index (χ0n) is 9.95. The van der Waals surface area contributed by atoms with Gasteiger partial charge < -0.3 is 9.84 Å². The van der Waals surface area contributed by atoms with Crippen LogP contribution < -0.4 is 4.74 Å². The van der Waals surface area contributed by atoms with Gasteiger partial charge in [0.1, 0.15) is 5.52 Å². The van der Waals surface area contributed by atoms with Gasteiger partial charge in [-0.15, -0.1) is 0 Å². The molecule has 8 heteroatoms. The van der Waals surface area contributed by atoms with Crippen molar-refractivity contribution in [3.63, 3.8) is 0 Å². The standard InChI is InChI=1S/C11H9F3N2O3/c1-5-3-6-7(11(12,13)14)4-15-9(19-2)8(6)16(5)10(17)18/h3-4H,1-2H3,(H,17,18). The number of fused-ring (bicyclic) bond motifs is 1. The molecule has 2 aromatic rings. The SMILES string of the molecule is COc1ncc(C(F)(F)F)c2cc(C)n(C(=O)O)c12. The average Bonchev–Trinajstić information content (AvgIpc) is 2.62. The fourth-order valence-electron chi connectivity index (χ4n) is 1.93. The van der Waals surface area contributed by atoms with E-state index in [4.69, 9.17) is 9.84 Å². The molecule has 0 bridgehead atoms. The zero-order chi connectivity index (χ0) is 14.4. The molecule has 5 nitrogen and oxygen atoms in total. The monoisotopic (exact) mass is 274 g/mol. The maximum absolute atomic E-state index is 12.9. The van der Waals surface area contributed by atoms with E-state index in [1.54, 1.807) is 0 Å². The summed E-state index contributed by atoms with van der Waals surface area (Å²) in [7, 11) is 1.21. The first kappa shape index (κ1) is 13.2. The summed E-state index contributed by atoms with van der Waals surface area (Å²) >= 11 is 0. The van der Waals surface area contributed by atoms with Gasteiger partial charge in [0, 0.05) is 17.3 Å². The van der Waals surface area contributed by atoms with Crippen LogP contribution in [0.1, 0.15) is 11.3 Å². The van der Waals surface area contributed by atoms with Crippen LogP contribution in [-0.4, -0.2) is 27.9 Å². The summed E-state index contributed by atoms with van der Waals surface area (Å²) in [5, 5.41) is 8.81. The van der Waals surface area contributed by atoms with E-state index >= 15 is 0 Å². The molecule has 0 fully saturated rings. The second kappa shape index (κ2) is 4.15. The Morgan fingerprint density at radius 2 is 2.11 bits per heavy atom. The van der Waals surface area contributed by atoms with Crippen molar-refractivity contribution in [3.05, 3.63) is 23.5 Å². The van der Waals surface area contributed by atoms with Gasteiger partial charge in [-0.2, -0.15) is 13.2 Å². The Hall–Kier alpha value is -2.25. The summed E-state index contributed by atoms with van der Waals surface area (Å²) < 4.78 is 44.1. The molecular formula is C11H9F3N2O3. The van der Waals surface area contributed by atoms with Crippen LogP contribution >= 0.6 is 0 Å². The van der Waals surface area contributed by atoms with Gasteiger partial charge in [-0.1, -0.05) is 0 Å². The maximum Gasteiger partial charge on any atom is 0.418 e. The third-order valence-electron chi connectivity index (χ3n) is 2.68. The number of methoxy groups -OCH3 is 1. The van der Waals surface area contributed by atoms with Gasteiger partial charge in [-0.3, -0.25) is 0 Å². The Morgan fingerprint density at radius 3 is 2.58 bits per heavy atom. The molecule has 2 aromatic heterocycles. The van der Waals surface area contributed by atoms with Crippen LogP contribution in [0.5, 0.6) is 5.88 Å². The van der Waals surface area contributed by atoms with Crippen molar-refractivity contribution in [1.29, 1.82) is 0 Å². The lowest BCUT2D eigenvalue weighted by Gasteiger charge is -2.10. The van der Waals surface area contributed by atoms with Crippen molar-refractivity contribution in [3.8, 4) is 5.88 Å². The molecule has 0 aliphatic heterocycles. The van der Waals surface area contributed by atoms with Crippen LogP contribution in [0.2, 0.25) is 0 Å². The van der Waals surface area contributed by atoms with Crippen molar-refractivity contribution in [2.75, 3.05) is 7.11 Å². The molecule has 0 saturated heterocycles. The van der Waals surface area contributed by atoms with E-state index in [1.807, 2.05) is 0 Å². The van der Waals surface area contributed by atoms with E-state index in [1.165, 1.54) is 14.0 Å². The summed E-state index contributed by atoms with van der Waals surface area (Å²) in [5.74, 6) is -0.168. The van der Waals surface area contributed by atoms with E-state index in [0.29, 0.717) is 6.20 Å². The summed E-state index contributed by atoms with van der Waals surface area (Å²) in [6, 6.07) is 1.15. The number of carbonyl (C=O) groups is 1. The van der Waals surface area contributed by atoms with Crippen molar-refractivity contribution in [1.82, 2.24) is 9.55 Å². The molecular weight excluding hydrogens is 265 g/mol. The number of aromatic nitrogens is 2. The molecule has 102 valence electrons. The third kappa shape index (κ3) is 1.98. The molecule has 2 rings (SSSR count). The summed E-state index contributed by atoms with van der Waals surface area (Å²) in [4.78, 5) is 14.6. The summed E-state index contributed by atoms with van der Waals surface area (Å²) in [5.41, 5.74) is -1.05. The lowest BCUT2D eigenvalue weighted by molar-refractivity contribution is -0.136. The van der Waals surface area contributed by atoms with Crippen LogP contribution in [0.25, 0.3) is 10.9 Å². The summed E-state index contributed by atoms with van der Waals surface area (Å²) in [6.07, 6.45) is -5.38. The minimum atomic E-state index is -4.62. The smallest absolute Gasteiger partial charge is 0.418 e. The number of rotatable bonds is 1. The molecule has 0 amide bonds. The molecule has 0 aromatic carbocycles. The lowest BCUT2D eigenvalue weighted by atomic mass is 10.1. The predicted octanol–water partition coefficient (Wildman–Crippen LogP) is 2.90. The quantitative estimate of drug-likeness (QED) is 0.868. The number of carboxylic acid groups (broad SMARTS) is 1. The number of hydrogen-bond donors (Lipinski definition) is 1. The number of alkyl halides is 3. The number of ether oxygens (including phenoxy) is 1. The molecule has 0 atom stereocenters. The van der Waals surface area contributed by atoms with Crippen molar-refractivity contribution >= 4 is 17.0 Å².